The average molecular weight is 260 g/mol. The fraction of sp³-hybridized carbons (Fsp3) is 0.444. The highest BCUT2D eigenvalue weighted by molar-refractivity contribution is 7.91. The molecule has 0 saturated carbocycles. The first kappa shape index (κ1) is 13.1. The van der Waals surface area contributed by atoms with E-state index in [1.165, 1.54) is 12.1 Å². The number of nitrogens with one attached hydrogen (secondary N) is 1. The Kier molecular flexibility index (Phi) is 4.89. The van der Waals surface area contributed by atoms with E-state index in [4.69, 9.17) is 10.00 Å². The third-order valence-corrected chi connectivity index (χ3v) is 4.72. The number of hydrogen-bond acceptors (Lipinski definition) is 5. The molecule has 0 radical (unpaired) electrons. The van der Waals surface area contributed by atoms with Crippen LogP contribution >= 0.6 is 11.3 Å². The zero-order chi connectivity index (χ0) is 12.0. The minimum absolute atomic E-state index is 0.168. The maximum atomic E-state index is 11.7. The van der Waals surface area contributed by atoms with E-state index in [-0.39, 0.29) is 4.21 Å². The van der Waals surface area contributed by atoms with Gasteiger partial charge in [-0.25, -0.2) is 13.1 Å². The summed E-state index contributed by atoms with van der Waals surface area (Å²) in [6.07, 6.45) is 0.617. The number of nitrogens with zero attached hydrogens (tertiary/aromatic N) is 1. The highest BCUT2D eigenvalue weighted by Crippen LogP contribution is 2.20. The predicted octanol–water partition coefficient (Wildman–Crippen LogP) is 0.935. The van der Waals surface area contributed by atoms with Crippen LogP contribution in [0.25, 0.3) is 0 Å². The first-order chi connectivity index (χ1) is 7.60. The Hall–Kier alpha value is -0.940. The maximum Gasteiger partial charge on any atom is 0.250 e. The molecule has 1 aromatic heterocycles. The molecule has 0 spiro atoms. The second kappa shape index (κ2) is 5.96. The van der Waals surface area contributed by atoms with Gasteiger partial charge in [0.2, 0.25) is 10.0 Å². The van der Waals surface area contributed by atoms with Gasteiger partial charge in [-0.15, -0.1) is 11.3 Å². The van der Waals surface area contributed by atoms with Crippen LogP contribution in [0.3, 0.4) is 0 Å². The quantitative estimate of drug-likeness (QED) is 0.772. The molecule has 1 heterocycles. The van der Waals surface area contributed by atoms with Crippen LogP contribution in [0.2, 0.25) is 0 Å². The number of ether oxygens (including phenoxy) is 1. The molecule has 5 nitrogen and oxygen atoms in total. The van der Waals surface area contributed by atoms with Crippen molar-refractivity contribution in [2.45, 2.75) is 10.6 Å². The molecule has 16 heavy (non-hydrogen) atoms. The summed E-state index contributed by atoms with van der Waals surface area (Å²) in [7, 11) is -1.91. The molecule has 0 saturated heterocycles. The van der Waals surface area contributed by atoms with Crippen LogP contribution in [0, 0.1) is 11.3 Å². The standard InChI is InChI=1S/C9H12N2O3S2/c1-14-6-2-5-11-16(12,13)9-4-3-8(7-10)15-9/h3-4,11H,2,5-6H2,1H3. The van der Waals surface area contributed by atoms with Gasteiger partial charge in [0.05, 0.1) is 0 Å². The third kappa shape index (κ3) is 3.57. The summed E-state index contributed by atoms with van der Waals surface area (Å²) >= 11 is 0.961. The predicted molar refractivity (Wildman–Crippen MR) is 60.7 cm³/mol. The minimum atomic E-state index is -3.47. The lowest BCUT2D eigenvalue weighted by Crippen LogP contribution is -2.24. The summed E-state index contributed by atoms with van der Waals surface area (Å²) in [6.45, 7) is 0.840. The second-order valence-electron chi connectivity index (χ2n) is 2.97. The average Bonchev–Trinajstić information content (AvgIpc) is 2.73. The molecule has 0 aliphatic carbocycles. The molecule has 0 aromatic carbocycles. The summed E-state index contributed by atoms with van der Waals surface area (Å²) in [6, 6.07) is 4.83. The van der Waals surface area contributed by atoms with E-state index < -0.39 is 10.0 Å². The summed E-state index contributed by atoms with van der Waals surface area (Å²) in [5.74, 6) is 0. The number of sulfonamides is 1. The monoisotopic (exact) mass is 260 g/mol. The van der Waals surface area contributed by atoms with Gasteiger partial charge in [0.15, 0.2) is 0 Å². The highest BCUT2D eigenvalue weighted by atomic mass is 32.2. The van der Waals surface area contributed by atoms with Gasteiger partial charge in [0.25, 0.3) is 0 Å². The Morgan fingerprint density at radius 2 is 2.31 bits per heavy atom. The van der Waals surface area contributed by atoms with E-state index in [2.05, 4.69) is 4.72 Å². The van der Waals surface area contributed by atoms with Gasteiger partial charge < -0.3 is 4.74 Å². The molecule has 0 bridgehead atoms. The van der Waals surface area contributed by atoms with E-state index in [1.807, 2.05) is 6.07 Å². The fourth-order valence-electron chi connectivity index (χ4n) is 1.02. The largest absolute Gasteiger partial charge is 0.385 e. The van der Waals surface area contributed by atoms with Crippen LogP contribution in [-0.4, -0.2) is 28.7 Å². The first-order valence-electron chi connectivity index (χ1n) is 4.58. The van der Waals surface area contributed by atoms with Gasteiger partial charge in [-0.3, -0.25) is 0 Å². The second-order valence-corrected chi connectivity index (χ2v) is 6.05. The molecular weight excluding hydrogens is 248 g/mol. The van der Waals surface area contributed by atoms with Crippen molar-refractivity contribution in [3.8, 4) is 6.07 Å². The molecule has 1 N–H and O–H groups in total. The number of nitriles is 1. The van der Waals surface area contributed by atoms with Crippen molar-refractivity contribution in [2.24, 2.45) is 0 Å². The van der Waals surface area contributed by atoms with E-state index in [9.17, 15) is 8.42 Å². The van der Waals surface area contributed by atoms with Crippen molar-refractivity contribution in [1.82, 2.24) is 4.72 Å². The van der Waals surface area contributed by atoms with Gasteiger partial charge in [-0.2, -0.15) is 5.26 Å². The topological polar surface area (TPSA) is 79.2 Å². The molecule has 1 aromatic rings. The first-order valence-corrected chi connectivity index (χ1v) is 6.88. The SMILES string of the molecule is COCCCNS(=O)(=O)c1ccc(C#N)s1. The molecule has 0 amide bonds. The maximum absolute atomic E-state index is 11.7. The third-order valence-electron chi connectivity index (χ3n) is 1.77. The van der Waals surface area contributed by atoms with Crippen LogP contribution in [0.1, 0.15) is 11.3 Å². The molecule has 0 aliphatic heterocycles. The Bertz CT molecular complexity index is 473. The number of thiophene rings is 1. The fourth-order valence-corrected chi connectivity index (χ4v) is 3.24. The summed E-state index contributed by atoms with van der Waals surface area (Å²) < 4.78 is 30.8. The van der Waals surface area contributed by atoms with Crippen LogP contribution in [-0.2, 0) is 14.8 Å². The van der Waals surface area contributed by atoms with Crippen molar-refractivity contribution >= 4 is 21.4 Å². The normalized spacial score (nSPS) is 11.2. The van der Waals surface area contributed by atoms with E-state index in [0.29, 0.717) is 24.4 Å². The van der Waals surface area contributed by atoms with Gasteiger partial charge in [0.1, 0.15) is 15.2 Å². The summed E-state index contributed by atoms with van der Waals surface area (Å²) in [4.78, 5) is 0.386. The Morgan fingerprint density at radius 3 is 2.88 bits per heavy atom. The van der Waals surface area contributed by atoms with Crippen molar-refractivity contribution in [2.75, 3.05) is 20.3 Å². The molecule has 0 aliphatic rings. The zero-order valence-electron chi connectivity index (χ0n) is 8.76. The van der Waals surface area contributed by atoms with Gasteiger partial charge in [0, 0.05) is 20.3 Å². The van der Waals surface area contributed by atoms with Gasteiger partial charge >= 0.3 is 0 Å². The Morgan fingerprint density at radius 1 is 1.56 bits per heavy atom. The minimum Gasteiger partial charge on any atom is -0.385 e. The van der Waals surface area contributed by atoms with Crippen LogP contribution in [0.4, 0.5) is 0 Å². The smallest absolute Gasteiger partial charge is 0.250 e. The number of methoxy groups -OCH3 is 1. The lowest BCUT2D eigenvalue weighted by molar-refractivity contribution is 0.196. The Balaban J connectivity index is 2.61. The van der Waals surface area contributed by atoms with Crippen LogP contribution in [0.5, 0.6) is 0 Å². The van der Waals surface area contributed by atoms with Crippen LogP contribution in [0.15, 0.2) is 16.3 Å². The molecule has 7 heteroatoms. The number of rotatable bonds is 6. The van der Waals surface area contributed by atoms with Crippen molar-refractivity contribution in [1.29, 1.82) is 5.26 Å². The van der Waals surface area contributed by atoms with Gasteiger partial charge in [-0.05, 0) is 18.6 Å². The molecule has 88 valence electrons. The molecule has 0 atom stereocenters. The van der Waals surface area contributed by atoms with Gasteiger partial charge in [-0.1, -0.05) is 0 Å². The van der Waals surface area contributed by atoms with Crippen LogP contribution < -0.4 is 4.72 Å². The molecule has 0 unspecified atom stereocenters. The van der Waals surface area contributed by atoms with Crippen molar-refractivity contribution in [3.05, 3.63) is 17.0 Å². The lowest BCUT2D eigenvalue weighted by Gasteiger charge is -2.03. The summed E-state index contributed by atoms with van der Waals surface area (Å²) in [5.41, 5.74) is 0. The lowest BCUT2D eigenvalue weighted by atomic mass is 10.5. The molecular formula is C9H12N2O3S2. The van der Waals surface area contributed by atoms with E-state index in [0.717, 1.165) is 11.3 Å². The zero-order valence-corrected chi connectivity index (χ0v) is 10.4. The van der Waals surface area contributed by atoms with Crippen molar-refractivity contribution < 1.29 is 13.2 Å². The van der Waals surface area contributed by atoms with Crippen molar-refractivity contribution in [3.63, 3.8) is 0 Å². The Labute approximate surface area is 98.7 Å². The molecule has 0 fully saturated rings. The summed E-state index contributed by atoms with van der Waals surface area (Å²) in [5, 5.41) is 8.59. The van der Waals surface area contributed by atoms with E-state index in [1.54, 1.807) is 7.11 Å². The number of hydrogen-bond donors (Lipinski definition) is 1. The highest BCUT2D eigenvalue weighted by Gasteiger charge is 2.15. The van der Waals surface area contributed by atoms with E-state index >= 15 is 0 Å². The molecule has 1 rings (SSSR count).